The summed E-state index contributed by atoms with van der Waals surface area (Å²) in [5.74, 6) is -1.49. The van der Waals surface area contributed by atoms with Gasteiger partial charge in [-0.15, -0.1) is 10.2 Å². The number of nitrogens with zero attached hydrogens (tertiary/aromatic N) is 5. The predicted molar refractivity (Wildman–Crippen MR) is 161 cm³/mol. The molecule has 0 radical (unpaired) electrons. The summed E-state index contributed by atoms with van der Waals surface area (Å²) in [6.45, 7) is 6.33. The first-order valence-electron chi connectivity index (χ1n) is 14.8. The molecule has 3 aromatic rings. The Balaban J connectivity index is 1.31. The highest BCUT2D eigenvalue weighted by atomic mass is 32.2. The molecule has 0 bridgehead atoms. The van der Waals surface area contributed by atoms with Crippen LogP contribution in [-0.2, 0) is 10.0 Å². The average molecular weight is 617 g/mol. The van der Waals surface area contributed by atoms with Crippen LogP contribution in [0, 0.1) is 12.3 Å². The van der Waals surface area contributed by atoms with Crippen LogP contribution in [0.3, 0.4) is 0 Å². The lowest BCUT2D eigenvalue weighted by Gasteiger charge is -2.35. The molecule has 2 saturated heterocycles. The summed E-state index contributed by atoms with van der Waals surface area (Å²) >= 11 is 0. The van der Waals surface area contributed by atoms with Crippen molar-refractivity contribution in [3.05, 3.63) is 36.0 Å². The topological polar surface area (TPSA) is 125 Å². The average Bonchev–Trinajstić information content (AvgIpc) is 3.52. The van der Waals surface area contributed by atoms with E-state index in [0.717, 1.165) is 31.6 Å². The van der Waals surface area contributed by atoms with E-state index >= 15 is 0 Å². The second-order valence-corrected chi connectivity index (χ2v) is 15.2. The van der Waals surface area contributed by atoms with E-state index in [0.29, 0.717) is 33.7 Å². The molecule has 2 N–H and O–H groups in total. The molecule has 4 heterocycles. The van der Waals surface area contributed by atoms with Gasteiger partial charge in [-0.05, 0) is 82.2 Å². The minimum absolute atomic E-state index is 0.212. The maximum atomic E-state index is 13.7. The zero-order valence-electron chi connectivity index (χ0n) is 24.7. The van der Waals surface area contributed by atoms with Crippen LogP contribution < -0.4 is 14.5 Å². The van der Waals surface area contributed by atoms with E-state index in [-0.39, 0.29) is 37.7 Å². The van der Waals surface area contributed by atoms with Gasteiger partial charge in [-0.3, -0.25) is 4.72 Å². The van der Waals surface area contributed by atoms with Gasteiger partial charge in [-0.2, -0.15) is 0 Å². The fourth-order valence-corrected chi connectivity index (χ4v) is 6.65. The highest BCUT2D eigenvalue weighted by Crippen LogP contribution is 2.54. The van der Waals surface area contributed by atoms with Crippen molar-refractivity contribution in [2.24, 2.45) is 5.41 Å². The summed E-state index contributed by atoms with van der Waals surface area (Å²) in [6, 6.07) is 8.82. The summed E-state index contributed by atoms with van der Waals surface area (Å²) in [7, 11) is -3.87. The van der Waals surface area contributed by atoms with Crippen LogP contribution in [0.4, 0.5) is 26.0 Å². The molecule has 3 aliphatic rings. The van der Waals surface area contributed by atoms with Crippen LogP contribution in [0.1, 0.15) is 58.1 Å². The number of pyridine rings is 1. The maximum absolute atomic E-state index is 13.7. The van der Waals surface area contributed by atoms with Crippen LogP contribution in [0.15, 0.2) is 34.7 Å². The van der Waals surface area contributed by atoms with Crippen molar-refractivity contribution in [3.8, 4) is 22.9 Å². The van der Waals surface area contributed by atoms with Crippen LogP contribution in [-0.4, -0.2) is 72.2 Å². The number of alkyl halides is 2. The Bertz CT molecular complexity index is 1600. The Kier molecular flexibility index (Phi) is 7.39. The third-order valence-electron chi connectivity index (χ3n) is 9.14. The van der Waals surface area contributed by atoms with Gasteiger partial charge in [-0.25, -0.2) is 22.2 Å². The predicted octanol–water partition coefficient (Wildman–Crippen LogP) is 5.24. The van der Waals surface area contributed by atoms with Crippen molar-refractivity contribution in [2.45, 2.75) is 70.0 Å². The minimum atomic E-state index is -3.87. The molecule has 2 aliphatic heterocycles. The van der Waals surface area contributed by atoms with E-state index < -0.39 is 27.3 Å². The fourth-order valence-electron chi connectivity index (χ4n) is 5.76. The van der Waals surface area contributed by atoms with E-state index in [1.807, 2.05) is 17.9 Å². The van der Waals surface area contributed by atoms with Crippen molar-refractivity contribution < 1.29 is 26.7 Å². The lowest BCUT2D eigenvalue weighted by Crippen LogP contribution is -2.40. The molecule has 43 heavy (non-hydrogen) atoms. The Hall–Kier alpha value is -3.32. The molecule has 2 aromatic heterocycles. The largest absolute Gasteiger partial charge is 0.416 e. The number of nitrogens with one attached hydrogen (secondary N) is 1. The summed E-state index contributed by atoms with van der Waals surface area (Å²) in [5, 5.41) is 18.3. The monoisotopic (exact) mass is 616 g/mol. The summed E-state index contributed by atoms with van der Waals surface area (Å²) in [5.41, 5.74) is 3.64. The molecular weight excluding hydrogens is 578 g/mol. The molecule has 0 amide bonds. The maximum Gasteiger partial charge on any atom is 0.251 e. The zero-order valence-corrected chi connectivity index (χ0v) is 25.6. The number of hydrogen-bond donors (Lipinski definition) is 2. The van der Waals surface area contributed by atoms with E-state index in [1.165, 1.54) is 26.7 Å². The third kappa shape index (κ3) is 6.06. The first-order chi connectivity index (χ1) is 20.3. The van der Waals surface area contributed by atoms with Gasteiger partial charge in [0.1, 0.15) is 10.6 Å². The van der Waals surface area contributed by atoms with Gasteiger partial charge in [0, 0.05) is 50.3 Å². The van der Waals surface area contributed by atoms with Gasteiger partial charge < -0.3 is 19.3 Å². The number of halogens is 2. The van der Waals surface area contributed by atoms with Crippen molar-refractivity contribution >= 4 is 27.2 Å². The molecule has 13 heteroatoms. The number of rotatable bonds is 8. The smallest absolute Gasteiger partial charge is 0.251 e. The van der Waals surface area contributed by atoms with E-state index in [4.69, 9.17) is 4.42 Å². The second kappa shape index (κ2) is 10.7. The molecule has 1 aliphatic carbocycles. The highest BCUT2D eigenvalue weighted by Gasteiger charge is 2.45. The minimum Gasteiger partial charge on any atom is -0.416 e. The molecule has 232 valence electrons. The number of benzene rings is 1. The fraction of sp³-hybridized carbons (Fsp3) is 0.567. The normalized spacial score (nSPS) is 20.0. The lowest BCUT2D eigenvalue weighted by atomic mass is 9.93. The summed E-state index contributed by atoms with van der Waals surface area (Å²) in [6.07, 6.45) is 4.21. The van der Waals surface area contributed by atoms with Crippen molar-refractivity contribution in [1.82, 2.24) is 15.2 Å². The quantitative estimate of drug-likeness (QED) is 0.350. The summed E-state index contributed by atoms with van der Waals surface area (Å²) in [4.78, 5) is 8.65. The number of aliphatic hydroxyl groups is 1. The van der Waals surface area contributed by atoms with Crippen LogP contribution in [0.5, 0.6) is 0 Å². The molecule has 0 unspecified atom stereocenters. The molecule has 10 nitrogen and oxygen atoms in total. The standard InChI is InChI=1S/C30H38F2N6O4S/c1-20-16-21(17-25(33-20)38-14-10-30(31,32)11-15-38)26-34-35-27(42-26)23-5-4-22(36-43(40,41)28(2,3)19-39)18-24(23)37-12-8-29(6-7-29)9-13-37/h4-5,16-18,36,39H,6-15,19H2,1-3H3. The van der Waals surface area contributed by atoms with E-state index in [1.54, 1.807) is 24.3 Å². The van der Waals surface area contributed by atoms with Crippen molar-refractivity contribution in [2.75, 3.05) is 47.3 Å². The molecule has 1 aromatic carbocycles. The van der Waals surface area contributed by atoms with Crippen molar-refractivity contribution in [1.29, 1.82) is 0 Å². The van der Waals surface area contributed by atoms with Gasteiger partial charge in [0.2, 0.25) is 21.8 Å². The number of sulfonamides is 1. The Morgan fingerprint density at radius 1 is 0.953 bits per heavy atom. The number of anilines is 3. The molecule has 1 saturated carbocycles. The summed E-state index contributed by atoms with van der Waals surface area (Å²) < 4.78 is 60.9. The van der Waals surface area contributed by atoms with Gasteiger partial charge in [0.25, 0.3) is 5.92 Å². The lowest BCUT2D eigenvalue weighted by molar-refractivity contribution is -0.0221. The van der Waals surface area contributed by atoms with E-state index in [9.17, 15) is 22.3 Å². The first-order valence-corrected chi connectivity index (χ1v) is 16.3. The number of aromatic nitrogens is 3. The highest BCUT2D eigenvalue weighted by molar-refractivity contribution is 7.94. The van der Waals surface area contributed by atoms with Crippen LogP contribution >= 0.6 is 0 Å². The number of aliphatic hydroxyl groups excluding tert-OH is 1. The molecular formula is C30H38F2N6O4S. The van der Waals surface area contributed by atoms with E-state index in [2.05, 4.69) is 24.8 Å². The number of aryl methyl sites for hydroxylation is 1. The first kappa shape index (κ1) is 29.7. The Morgan fingerprint density at radius 3 is 2.26 bits per heavy atom. The van der Waals surface area contributed by atoms with Gasteiger partial charge in [0.15, 0.2) is 0 Å². The van der Waals surface area contributed by atoms with Gasteiger partial charge in [-0.1, -0.05) is 0 Å². The SMILES string of the molecule is Cc1cc(-c2nnc(-c3ccc(NS(=O)(=O)C(C)(C)CO)cc3N3CCC4(CC3)CC4)o2)cc(N2CCC(F)(F)CC2)n1. The number of piperidine rings is 2. The van der Waals surface area contributed by atoms with Crippen LogP contribution in [0.25, 0.3) is 22.9 Å². The van der Waals surface area contributed by atoms with Gasteiger partial charge in [0.05, 0.1) is 23.5 Å². The van der Waals surface area contributed by atoms with Crippen LogP contribution in [0.2, 0.25) is 0 Å². The molecule has 6 rings (SSSR count). The third-order valence-corrected chi connectivity index (χ3v) is 11.2. The Morgan fingerprint density at radius 2 is 1.60 bits per heavy atom. The van der Waals surface area contributed by atoms with Crippen molar-refractivity contribution in [3.63, 3.8) is 0 Å². The molecule has 0 atom stereocenters. The second-order valence-electron chi connectivity index (χ2n) is 12.9. The number of hydrogen-bond acceptors (Lipinski definition) is 9. The van der Waals surface area contributed by atoms with Gasteiger partial charge >= 0.3 is 0 Å². The zero-order chi connectivity index (χ0) is 30.6. The Labute approximate surface area is 250 Å². The molecule has 3 fully saturated rings. The molecule has 1 spiro atoms.